The first-order valence-corrected chi connectivity index (χ1v) is 6.20. The molecule has 1 aliphatic carbocycles. The second-order valence-electron chi connectivity index (χ2n) is 4.05. The van der Waals surface area contributed by atoms with Gasteiger partial charge in [0.25, 0.3) is 0 Å². The quantitative estimate of drug-likeness (QED) is 0.699. The third-order valence-electron chi connectivity index (χ3n) is 2.74. The Labute approximate surface area is 84.6 Å². The van der Waals surface area contributed by atoms with Crippen LogP contribution in [-0.4, -0.2) is 23.0 Å². The average molecular weight is 198 g/mol. The molecule has 74 valence electrons. The van der Waals surface area contributed by atoms with Gasteiger partial charge < -0.3 is 5.32 Å². The normalized spacial score (nSPS) is 30.2. The van der Waals surface area contributed by atoms with E-state index in [1.807, 2.05) is 11.8 Å². The zero-order valence-corrected chi connectivity index (χ0v) is 9.07. The van der Waals surface area contributed by atoms with Gasteiger partial charge in [-0.25, -0.2) is 0 Å². The van der Waals surface area contributed by atoms with Crippen molar-refractivity contribution in [2.45, 2.75) is 50.3 Å². The van der Waals surface area contributed by atoms with E-state index in [9.17, 15) is 0 Å². The Morgan fingerprint density at radius 1 is 1.31 bits per heavy atom. The van der Waals surface area contributed by atoms with Crippen molar-refractivity contribution in [2.24, 2.45) is 4.99 Å². The van der Waals surface area contributed by atoms with E-state index >= 15 is 0 Å². The van der Waals surface area contributed by atoms with E-state index in [-0.39, 0.29) is 0 Å². The van der Waals surface area contributed by atoms with Crippen LogP contribution in [0.15, 0.2) is 4.99 Å². The molecule has 1 heterocycles. The Kier molecular flexibility index (Phi) is 3.14. The molecular weight excluding hydrogens is 180 g/mol. The summed E-state index contributed by atoms with van der Waals surface area (Å²) in [6.45, 7) is 3.24. The molecule has 13 heavy (non-hydrogen) atoms. The van der Waals surface area contributed by atoms with E-state index in [2.05, 4.69) is 17.2 Å². The van der Waals surface area contributed by atoms with Gasteiger partial charge in [-0.1, -0.05) is 37.9 Å². The largest absolute Gasteiger partial charge is 0.362 e. The summed E-state index contributed by atoms with van der Waals surface area (Å²) in [7, 11) is 0. The maximum absolute atomic E-state index is 4.48. The molecule has 0 aromatic heterocycles. The highest BCUT2D eigenvalue weighted by Crippen LogP contribution is 2.22. The summed E-state index contributed by atoms with van der Waals surface area (Å²) in [6, 6.07) is 0.713. The molecule has 0 saturated heterocycles. The van der Waals surface area contributed by atoms with Crippen LogP contribution >= 0.6 is 11.8 Å². The number of rotatable bonds is 1. The van der Waals surface area contributed by atoms with E-state index in [1.54, 1.807) is 0 Å². The minimum atomic E-state index is 0.686. The Balaban J connectivity index is 1.77. The maximum atomic E-state index is 4.48. The predicted octanol–water partition coefficient (Wildman–Crippen LogP) is 2.40. The predicted molar refractivity (Wildman–Crippen MR) is 59.4 cm³/mol. The summed E-state index contributed by atoms with van der Waals surface area (Å²) in [6.07, 6.45) is 6.90. The van der Waals surface area contributed by atoms with Gasteiger partial charge in [-0.3, -0.25) is 4.99 Å². The van der Waals surface area contributed by atoms with Crippen LogP contribution in [0.2, 0.25) is 0 Å². The number of thioether (sulfide) groups is 1. The number of aliphatic imine (C=N–C) groups is 1. The van der Waals surface area contributed by atoms with Crippen molar-refractivity contribution in [1.29, 1.82) is 0 Å². The highest BCUT2D eigenvalue weighted by molar-refractivity contribution is 8.14. The molecule has 1 aliphatic heterocycles. The molecule has 1 atom stereocenters. The van der Waals surface area contributed by atoms with E-state index in [0.29, 0.717) is 11.3 Å². The highest BCUT2D eigenvalue weighted by atomic mass is 32.2. The van der Waals surface area contributed by atoms with Gasteiger partial charge in [0.15, 0.2) is 5.17 Å². The molecule has 1 saturated carbocycles. The standard InChI is InChI=1S/C10H18N2S/c1-8-7-11-10(13-8)12-9-5-3-2-4-6-9/h8-9H,2-7H2,1H3,(H,11,12)/t8-/m0/s1. The lowest BCUT2D eigenvalue weighted by Gasteiger charge is -2.23. The fourth-order valence-electron chi connectivity index (χ4n) is 1.98. The summed E-state index contributed by atoms with van der Waals surface area (Å²) in [4.78, 5) is 4.48. The number of hydrogen-bond donors (Lipinski definition) is 1. The first kappa shape index (κ1) is 9.38. The minimum Gasteiger partial charge on any atom is -0.362 e. The molecule has 1 N–H and O–H groups in total. The maximum Gasteiger partial charge on any atom is 0.157 e. The van der Waals surface area contributed by atoms with Gasteiger partial charge in [0.05, 0.1) is 6.54 Å². The number of hydrogen-bond acceptors (Lipinski definition) is 3. The fraction of sp³-hybridized carbons (Fsp3) is 0.900. The van der Waals surface area contributed by atoms with Gasteiger partial charge >= 0.3 is 0 Å². The van der Waals surface area contributed by atoms with Crippen LogP contribution in [0.5, 0.6) is 0 Å². The van der Waals surface area contributed by atoms with Gasteiger partial charge in [0, 0.05) is 11.3 Å². The molecule has 0 radical (unpaired) electrons. The van der Waals surface area contributed by atoms with E-state index in [0.717, 1.165) is 6.54 Å². The van der Waals surface area contributed by atoms with E-state index in [1.165, 1.54) is 37.3 Å². The molecule has 0 amide bonds. The Morgan fingerprint density at radius 2 is 2.08 bits per heavy atom. The van der Waals surface area contributed by atoms with Crippen LogP contribution in [0.1, 0.15) is 39.0 Å². The summed E-state index contributed by atoms with van der Waals surface area (Å²) in [5, 5.41) is 5.44. The molecule has 2 nitrogen and oxygen atoms in total. The van der Waals surface area contributed by atoms with Crippen LogP contribution < -0.4 is 5.32 Å². The van der Waals surface area contributed by atoms with Gasteiger partial charge in [0.1, 0.15) is 0 Å². The molecule has 0 spiro atoms. The summed E-state index contributed by atoms with van der Waals surface area (Å²) in [5.41, 5.74) is 0. The molecule has 2 rings (SSSR count). The van der Waals surface area contributed by atoms with Crippen LogP contribution in [0, 0.1) is 0 Å². The first-order valence-electron chi connectivity index (χ1n) is 5.32. The van der Waals surface area contributed by atoms with Gasteiger partial charge in [0.2, 0.25) is 0 Å². The third kappa shape index (κ3) is 2.63. The lowest BCUT2D eigenvalue weighted by atomic mass is 9.96. The van der Waals surface area contributed by atoms with Crippen molar-refractivity contribution in [3.05, 3.63) is 0 Å². The summed E-state index contributed by atoms with van der Waals surface area (Å²) < 4.78 is 0. The molecule has 0 aromatic rings. The topological polar surface area (TPSA) is 24.4 Å². The van der Waals surface area contributed by atoms with Crippen LogP contribution in [-0.2, 0) is 0 Å². The molecular formula is C10H18N2S. The lowest BCUT2D eigenvalue weighted by molar-refractivity contribution is 0.415. The number of amidine groups is 1. The summed E-state index contributed by atoms with van der Waals surface area (Å²) in [5.74, 6) is 0. The van der Waals surface area contributed by atoms with Gasteiger partial charge in [-0.15, -0.1) is 0 Å². The Morgan fingerprint density at radius 3 is 2.69 bits per heavy atom. The minimum absolute atomic E-state index is 0.686. The van der Waals surface area contributed by atoms with Crippen molar-refractivity contribution in [2.75, 3.05) is 6.54 Å². The van der Waals surface area contributed by atoms with Gasteiger partial charge in [-0.2, -0.15) is 0 Å². The Bertz CT molecular complexity index is 197. The lowest BCUT2D eigenvalue weighted by Crippen LogP contribution is -2.34. The van der Waals surface area contributed by atoms with Crippen molar-refractivity contribution in [3.8, 4) is 0 Å². The molecule has 0 bridgehead atoms. The zero-order chi connectivity index (χ0) is 9.10. The van der Waals surface area contributed by atoms with E-state index in [4.69, 9.17) is 0 Å². The highest BCUT2D eigenvalue weighted by Gasteiger charge is 2.19. The Hall–Kier alpha value is -0.180. The monoisotopic (exact) mass is 198 g/mol. The molecule has 2 aliphatic rings. The van der Waals surface area contributed by atoms with Crippen LogP contribution in [0.3, 0.4) is 0 Å². The molecule has 0 aromatic carbocycles. The van der Waals surface area contributed by atoms with E-state index < -0.39 is 0 Å². The van der Waals surface area contributed by atoms with Crippen molar-refractivity contribution < 1.29 is 0 Å². The van der Waals surface area contributed by atoms with Crippen molar-refractivity contribution in [3.63, 3.8) is 0 Å². The second kappa shape index (κ2) is 4.36. The number of nitrogens with one attached hydrogen (secondary N) is 1. The van der Waals surface area contributed by atoms with Crippen LogP contribution in [0.25, 0.3) is 0 Å². The van der Waals surface area contributed by atoms with Crippen LogP contribution in [0.4, 0.5) is 0 Å². The molecule has 3 heteroatoms. The second-order valence-corrected chi connectivity index (χ2v) is 5.48. The van der Waals surface area contributed by atoms with Crippen molar-refractivity contribution >= 4 is 16.9 Å². The molecule has 0 unspecified atom stereocenters. The third-order valence-corrected chi connectivity index (χ3v) is 3.76. The van der Waals surface area contributed by atoms with Crippen molar-refractivity contribution in [1.82, 2.24) is 5.32 Å². The SMILES string of the molecule is C[C@H]1CN=C(NC2CCCCC2)S1. The summed E-state index contributed by atoms with van der Waals surface area (Å²) >= 11 is 1.90. The first-order chi connectivity index (χ1) is 6.34. The molecule has 1 fully saturated rings. The number of nitrogens with zero attached hydrogens (tertiary/aromatic N) is 1. The van der Waals surface area contributed by atoms with Gasteiger partial charge in [-0.05, 0) is 12.8 Å². The zero-order valence-electron chi connectivity index (χ0n) is 8.25. The average Bonchev–Trinajstić information content (AvgIpc) is 2.53. The fourth-order valence-corrected chi connectivity index (χ4v) is 2.89. The smallest absolute Gasteiger partial charge is 0.157 e.